The van der Waals surface area contributed by atoms with E-state index in [1.807, 2.05) is 6.92 Å². The molecule has 5 nitrogen and oxygen atoms in total. The van der Waals surface area contributed by atoms with Crippen molar-refractivity contribution >= 4 is 41.3 Å². The molecule has 0 radical (unpaired) electrons. The first-order valence-corrected chi connectivity index (χ1v) is 7.51. The fraction of sp³-hybridized carbons (Fsp3) is 0.692. The van der Waals surface area contributed by atoms with Crippen molar-refractivity contribution < 1.29 is 4.74 Å². The lowest BCUT2D eigenvalue weighted by Crippen LogP contribution is -2.38. The van der Waals surface area contributed by atoms with Crippen molar-refractivity contribution in [3.05, 3.63) is 16.1 Å². The van der Waals surface area contributed by atoms with Crippen LogP contribution in [0.3, 0.4) is 0 Å². The molecule has 20 heavy (non-hydrogen) atoms. The highest BCUT2D eigenvalue weighted by Gasteiger charge is 2.06. The Morgan fingerprint density at radius 1 is 1.45 bits per heavy atom. The predicted octanol–water partition coefficient (Wildman–Crippen LogP) is 2.59. The quantitative estimate of drug-likeness (QED) is 0.313. The van der Waals surface area contributed by atoms with Gasteiger partial charge in [0.1, 0.15) is 0 Å². The van der Waals surface area contributed by atoms with Gasteiger partial charge in [-0.05, 0) is 6.92 Å². The number of aromatic nitrogens is 1. The van der Waals surface area contributed by atoms with E-state index >= 15 is 0 Å². The molecule has 1 aromatic rings. The molecule has 2 N–H and O–H groups in total. The molecule has 116 valence electrons. The molecule has 0 fully saturated rings. The fourth-order valence-corrected chi connectivity index (χ4v) is 2.28. The van der Waals surface area contributed by atoms with E-state index in [2.05, 4.69) is 39.8 Å². The second-order valence-corrected chi connectivity index (χ2v) is 5.27. The second kappa shape index (κ2) is 11.3. The van der Waals surface area contributed by atoms with Crippen LogP contribution in [-0.4, -0.2) is 37.7 Å². The van der Waals surface area contributed by atoms with Crippen LogP contribution in [0, 0.1) is 0 Å². The number of guanidine groups is 1. The van der Waals surface area contributed by atoms with Gasteiger partial charge in [0.2, 0.25) is 0 Å². The Hall–Kier alpha value is -0.410. The third-order valence-electron chi connectivity index (χ3n) is 2.47. The summed E-state index contributed by atoms with van der Waals surface area (Å²) in [5, 5.41) is 9.71. The molecule has 0 unspecified atom stereocenters. The summed E-state index contributed by atoms with van der Waals surface area (Å²) in [6.07, 6.45) is 0. The van der Waals surface area contributed by atoms with Crippen LogP contribution in [0.5, 0.6) is 0 Å². The van der Waals surface area contributed by atoms with Gasteiger partial charge in [0, 0.05) is 31.5 Å². The first-order valence-electron chi connectivity index (χ1n) is 6.64. The molecule has 1 rings (SSSR count). The number of thiazole rings is 1. The first-order chi connectivity index (χ1) is 9.17. The Bertz CT molecular complexity index is 395. The summed E-state index contributed by atoms with van der Waals surface area (Å²) in [4.78, 5) is 8.73. The van der Waals surface area contributed by atoms with Crippen molar-refractivity contribution in [2.75, 3.05) is 26.8 Å². The standard InChI is InChI=1S/C13H24N4OS.HI/c1-5-18-7-6-15-13(14-4)16-8-11-9-19-12(17-11)10(2)3;/h9-10H,5-8H2,1-4H3,(H2,14,15,16);1H. The van der Waals surface area contributed by atoms with Gasteiger partial charge in [-0.15, -0.1) is 35.3 Å². The van der Waals surface area contributed by atoms with Crippen LogP contribution in [0.4, 0.5) is 0 Å². The summed E-state index contributed by atoms with van der Waals surface area (Å²) in [6.45, 7) is 9.17. The maximum atomic E-state index is 5.26. The fourth-order valence-electron chi connectivity index (χ4n) is 1.45. The molecule has 7 heteroatoms. The van der Waals surface area contributed by atoms with Crippen LogP contribution in [-0.2, 0) is 11.3 Å². The van der Waals surface area contributed by atoms with E-state index in [1.54, 1.807) is 18.4 Å². The Labute approximate surface area is 142 Å². The van der Waals surface area contributed by atoms with Crippen LogP contribution in [0.1, 0.15) is 37.4 Å². The van der Waals surface area contributed by atoms with Gasteiger partial charge in [0.25, 0.3) is 0 Å². The minimum Gasteiger partial charge on any atom is -0.380 e. The lowest BCUT2D eigenvalue weighted by Gasteiger charge is -2.10. The van der Waals surface area contributed by atoms with Crippen LogP contribution >= 0.6 is 35.3 Å². The molecule has 0 aliphatic rings. The van der Waals surface area contributed by atoms with Crippen LogP contribution in [0.15, 0.2) is 10.4 Å². The topological polar surface area (TPSA) is 58.5 Å². The second-order valence-electron chi connectivity index (χ2n) is 4.38. The highest BCUT2D eigenvalue weighted by Crippen LogP contribution is 2.18. The lowest BCUT2D eigenvalue weighted by molar-refractivity contribution is 0.152. The maximum Gasteiger partial charge on any atom is 0.191 e. The van der Waals surface area contributed by atoms with Crippen molar-refractivity contribution in [2.24, 2.45) is 4.99 Å². The SMILES string of the molecule is CCOCCNC(=NC)NCc1csc(C(C)C)n1.I. The van der Waals surface area contributed by atoms with Gasteiger partial charge in [-0.2, -0.15) is 0 Å². The number of nitrogens with one attached hydrogen (secondary N) is 2. The minimum atomic E-state index is 0. The third kappa shape index (κ3) is 7.39. The van der Waals surface area contributed by atoms with Crippen LogP contribution < -0.4 is 10.6 Å². The highest BCUT2D eigenvalue weighted by atomic mass is 127. The summed E-state index contributed by atoms with van der Waals surface area (Å²) >= 11 is 1.71. The molecule has 0 bridgehead atoms. The van der Waals surface area contributed by atoms with E-state index in [1.165, 1.54) is 5.01 Å². The van der Waals surface area contributed by atoms with E-state index in [4.69, 9.17) is 4.74 Å². The van der Waals surface area contributed by atoms with Gasteiger partial charge < -0.3 is 15.4 Å². The van der Waals surface area contributed by atoms with Crippen molar-refractivity contribution in [2.45, 2.75) is 33.2 Å². The average molecular weight is 412 g/mol. The van der Waals surface area contributed by atoms with Crippen LogP contribution in [0.25, 0.3) is 0 Å². The summed E-state index contributed by atoms with van der Waals surface area (Å²) in [5.74, 6) is 1.26. The number of rotatable bonds is 7. The van der Waals surface area contributed by atoms with Crippen molar-refractivity contribution in [1.82, 2.24) is 15.6 Å². The molecule has 0 amide bonds. The molecule has 1 heterocycles. The summed E-state index contributed by atoms with van der Waals surface area (Å²) < 4.78 is 5.26. The van der Waals surface area contributed by atoms with Gasteiger partial charge in [0.15, 0.2) is 5.96 Å². The Morgan fingerprint density at radius 3 is 2.75 bits per heavy atom. The largest absolute Gasteiger partial charge is 0.380 e. The van der Waals surface area contributed by atoms with Crippen molar-refractivity contribution in [3.8, 4) is 0 Å². The first kappa shape index (κ1) is 19.6. The maximum absolute atomic E-state index is 5.26. The molecule has 0 aliphatic heterocycles. The number of nitrogens with zero attached hydrogens (tertiary/aromatic N) is 2. The van der Waals surface area contributed by atoms with Gasteiger partial charge in [0.05, 0.1) is 23.9 Å². The van der Waals surface area contributed by atoms with Gasteiger partial charge in [-0.25, -0.2) is 4.98 Å². The zero-order valence-electron chi connectivity index (χ0n) is 12.6. The highest BCUT2D eigenvalue weighted by molar-refractivity contribution is 14.0. The average Bonchev–Trinajstić information content (AvgIpc) is 2.87. The van der Waals surface area contributed by atoms with E-state index in [9.17, 15) is 0 Å². The van der Waals surface area contributed by atoms with Crippen molar-refractivity contribution in [3.63, 3.8) is 0 Å². The summed E-state index contributed by atoms with van der Waals surface area (Å²) in [5.41, 5.74) is 1.06. The number of hydrogen-bond donors (Lipinski definition) is 2. The number of ether oxygens (including phenoxy) is 1. The molecule has 1 aromatic heterocycles. The number of halogens is 1. The number of hydrogen-bond acceptors (Lipinski definition) is 4. The van der Waals surface area contributed by atoms with Gasteiger partial charge >= 0.3 is 0 Å². The lowest BCUT2D eigenvalue weighted by atomic mass is 10.2. The Morgan fingerprint density at radius 2 is 2.20 bits per heavy atom. The Balaban J connectivity index is 0.00000361. The molecule has 0 spiro atoms. The predicted molar refractivity (Wildman–Crippen MR) is 96.3 cm³/mol. The van der Waals surface area contributed by atoms with Gasteiger partial charge in [-0.3, -0.25) is 4.99 Å². The molecular formula is C13H25IN4OS. The molecular weight excluding hydrogens is 387 g/mol. The zero-order chi connectivity index (χ0) is 14.1. The van der Waals surface area contributed by atoms with Crippen molar-refractivity contribution in [1.29, 1.82) is 0 Å². The minimum absolute atomic E-state index is 0. The van der Waals surface area contributed by atoms with Crippen LogP contribution in [0.2, 0.25) is 0 Å². The van der Waals surface area contributed by atoms with E-state index in [0.29, 0.717) is 19.1 Å². The molecule has 0 saturated carbocycles. The summed E-state index contributed by atoms with van der Waals surface area (Å²) in [6, 6.07) is 0. The third-order valence-corrected chi connectivity index (χ3v) is 3.66. The van der Waals surface area contributed by atoms with Gasteiger partial charge in [-0.1, -0.05) is 13.8 Å². The molecule has 0 aliphatic carbocycles. The monoisotopic (exact) mass is 412 g/mol. The smallest absolute Gasteiger partial charge is 0.191 e. The molecule has 0 aromatic carbocycles. The normalized spacial score (nSPS) is 11.3. The van der Waals surface area contributed by atoms with E-state index in [-0.39, 0.29) is 24.0 Å². The van der Waals surface area contributed by atoms with E-state index in [0.717, 1.165) is 24.8 Å². The zero-order valence-corrected chi connectivity index (χ0v) is 15.7. The molecule has 0 saturated heterocycles. The Kier molecular flexibility index (Phi) is 11.0. The molecule has 0 atom stereocenters. The van der Waals surface area contributed by atoms with E-state index < -0.39 is 0 Å². The summed E-state index contributed by atoms with van der Waals surface area (Å²) in [7, 11) is 1.76. The number of aliphatic imine (C=N–C) groups is 1.